The van der Waals surface area contributed by atoms with Crippen molar-refractivity contribution in [2.75, 3.05) is 49.6 Å². The van der Waals surface area contributed by atoms with Crippen LogP contribution in [0.3, 0.4) is 0 Å². The molecule has 1 aliphatic rings. The summed E-state index contributed by atoms with van der Waals surface area (Å²) in [7, 11) is 0. The smallest absolute Gasteiger partial charge is 0.260 e. The number of hydrogen-bond donors (Lipinski definition) is 2. The lowest BCUT2D eigenvalue weighted by molar-refractivity contribution is -0.127. The number of rotatable bonds is 8. The van der Waals surface area contributed by atoms with E-state index in [1.165, 1.54) is 0 Å². The summed E-state index contributed by atoms with van der Waals surface area (Å²) in [6, 6.07) is 11.2. The molecule has 8 heteroatoms. The predicted octanol–water partition coefficient (Wildman–Crippen LogP) is 1.62. The minimum Gasteiger partial charge on any atom is -0.481 e. The standard InChI is InChI=1S/C20H27N5O3/c1-15(28-17-6-4-3-5-7-17)20(26)22-9-8-21-18-14-19(24-16(2)23-18)25-10-12-27-13-11-25/h3-7,14-15H,8-13H2,1-2H3,(H,22,26)(H,21,23,24). The molecule has 28 heavy (non-hydrogen) atoms. The number of carbonyl (C=O) groups excluding carboxylic acids is 1. The number of nitrogens with one attached hydrogen (secondary N) is 2. The molecule has 2 N–H and O–H groups in total. The molecule has 3 rings (SSSR count). The minimum absolute atomic E-state index is 0.154. The summed E-state index contributed by atoms with van der Waals surface area (Å²) in [4.78, 5) is 23.3. The topological polar surface area (TPSA) is 88.6 Å². The van der Waals surface area contributed by atoms with Gasteiger partial charge in [-0.15, -0.1) is 0 Å². The monoisotopic (exact) mass is 385 g/mol. The van der Waals surface area contributed by atoms with Crippen LogP contribution in [0.1, 0.15) is 12.7 Å². The molecular formula is C20H27N5O3. The van der Waals surface area contributed by atoms with Gasteiger partial charge in [0.1, 0.15) is 23.2 Å². The van der Waals surface area contributed by atoms with Crippen molar-refractivity contribution in [3.8, 4) is 5.75 Å². The Morgan fingerprint density at radius 3 is 2.71 bits per heavy atom. The molecule has 1 amide bonds. The number of ether oxygens (including phenoxy) is 2. The van der Waals surface area contributed by atoms with Crippen LogP contribution in [0.15, 0.2) is 36.4 Å². The molecule has 8 nitrogen and oxygen atoms in total. The van der Waals surface area contributed by atoms with Gasteiger partial charge in [-0.25, -0.2) is 9.97 Å². The van der Waals surface area contributed by atoms with Crippen LogP contribution < -0.4 is 20.3 Å². The summed E-state index contributed by atoms with van der Waals surface area (Å²) in [5, 5.41) is 6.11. The number of aromatic nitrogens is 2. The average molecular weight is 385 g/mol. The minimum atomic E-state index is -0.559. The van der Waals surface area contributed by atoms with E-state index in [-0.39, 0.29) is 5.91 Å². The van der Waals surface area contributed by atoms with Crippen LogP contribution in [-0.2, 0) is 9.53 Å². The van der Waals surface area contributed by atoms with E-state index in [0.29, 0.717) is 37.9 Å². The van der Waals surface area contributed by atoms with Gasteiger partial charge in [0.2, 0.25) is 0 Å². The van der Waals surface area contributed by atoms with Gasteiger partial charge in [-0.2, -0.15) is 0 Å². The Bertz CT molecular complexity index is 766. The SMILES string of the molecule is Cc1nc(NCCNC(=O)C(C)Oc2ccccc2)cc(N2CCOCC2)n1. The maximum atomic E-state index is 12.2. The van der Waals surface area contributed by atoms with E-state index in [9.17, 15) is 4.79 Å². The summed E-state index contributed by atoms with van der Waals surface area (Å²) < 4.78 is 11.0. The van der Waals surface area contributed by atoms with Crippen LogP contribution in [-0.4, -0.2) is 61.4 Å². The molecule has 2 heterocycles. The van der Waals surface area contributed by atoms with Crippen LogP contribution in [0.2, 0.25) is 0 Å². The highest BCUT2D eigenvalue weighted by atomic mass is 16.5. The fourth-order valence-corrected chi connectivity index (χ4v) is 2.87. The molecule has 0 spiro atoms. The molecule has 1 unspecified atom stereocenters. The first-order chi connectivity index (χ1) is 13.6. The highest BCUT2D eigenvalue weighted by Crippen LogP contribution is 2.17. The van der Waals surface area contributed by atoms with E-state index < -0.39 is 6.10 Å². The molecule has 2 aromatic rings. The normalized spacial score (nSPS) is 15.0. The van der Waals surface area contributed by atoms with Crippen molar-refractivity contribution in [2.24, 2.45) is 0 Å². The van der Waals surface area contributed by atoms with E-state index in [1.807, 2.05) is 43.3 Å². The van der Waals surface area contributed by atoms with Crippen molar-refractivity contribution in [3.63, 3.8) is 0 Å². The van der Waals surface area contributed by atoms with Gasteiger partial charge in [0, 0.05) is 32.2 Å². The molecule has 1 fully saturated rings. The van der Waals surface area contributed by atoms with Gasteiger partial charge in [0.05, 0.1) is 13.2 Å². The zero-order chi connectivity index (χ0) is 19.8. The Balaban J connectivity index is 1.44. The first-order valence-electron chi connectivity index (χ1n) is 9.53. The molecule has 1 saturated heterocycles. The summed E-state index contributed by atoms with van der Waals surface area (Å²) in [6.45, 7) is 7.70. The van der Waals surface area contributed by atoms with Gasteiger partial charge in [-0.3, -0.25) is 4.79 Å². The van der Waals surface area contributed by atoms with E-state index in [1.54, 1.807) is 6.92 Å². The highest BCUT2D eigenvalue weighted by Gasteiger charge is 2.15. The third kappa shape index (κ3) is 5.82. The van der Waals surface area contributed by atoms with Gasteiger partial charge in [-0.05, 0) is 26.0 Å². The number of anilines is 2. The molecule has 0 saturated carbocycles. The third-order valence-corrected chi connectivity index (χ3v) is 4.32. The third-order valence-electron chi connectivity index (χ3n) is 4.32. The highest BCUT2D eigenvalue weighted by molar-refractivity contribution is 5.80. The van der Waals surface area contributed by atoms with Gasteiger partial charge < -0.3 is 25.0 Å². The number of para-hydroxylation sites is 1. The van der Waals surface area contributed by atoms with Crippen LogP contribution in [0.5, 0.6) is 5.75 Å². The number of carbonyl (C=O) groups is 1. The molecular weight excluding hydrogens is 358 g/mol. The van der Waals surface area contributed by atoms with E-state index in [2.05, 4.69) is 25.5 Å². The molecule has 1 aromatic carbocycles. The number of benzene rings is 1. The molecule has 1 atom stereocenters. The zero-order valence-corrected chi connectivity index (χ0v) is 16.4. The van der Waals surface area contributed by atoms with Crippen LogP contribution in [0.25, 0.3) is 0 Å². The summed E-state index contributed by atoms with van der Waals surface area (Å²) in [6.07, 6.45) is -0.559. The fraction of sp³-hybridized carbons (Fsp3) is 0.450. The number of nitrogens with zero attached hydrogens (tertiary/aromatic N) is 3. The summed E-state index contributed by atoms with van der Waals surface area (Å²) >= 11 is 0. The molecule has 0 bridgehead atoms. The second-order valence-electron chi connectivity index (χ2n) is 6.55. The van der Waals surface area contributed by atoms with Crippen molar-refractivity contribution in [1.82, 2.24) is 15.3 Å². The quantitative estimate of drug-likeness (QED) is 0.668. The Kier molecular flexibility index (Phi) is 7.02. The van der Waals surface area contributed by atoms with Crippen molar-refractivity contribution in [3.05, 3.63) is 42.2 Å². The average Bonchev–Trinajstić information content (AvgIpc) is 2.72. The van der Waals surface area contributed by atoms with E-state index >= 15 is 0 Å². The lowest BCUT2D eigenvalue weighted by Crippen LogP contribution is -2.38. The molecule has 150 valence electrons. The first kappa shape index (κ1) is 19.9. The second-order valence-corrected chi connectivity index (χ2v) is 6.55. The number of morpholine rings is 1. The largest absolute Gasteiger partial charge is 0.481 e. The lowest BCUT2D eigenvalue weighted by Gasteiger charge is -2.28. The van der Waals surface area contributed by atoms with Crippen LogP contribution in [0, 0.1) is 6.92 Å². The Labute approximate surface area is 165 Å². The van der Waals surface area contributed by atoms with Gasteiger partial charge in [0.25, 0.3) is 5.91 Å². The van der Waals surface area contributed by atoms with Crippen molar-refractivity contribution in [2.45, 2.75) is 20.0 Å². The van der Waals surface area contributed by atoms with Crippen molar-refractivity contribution >= 4 is 17.5 Å². The fourth-order valence-electron chi connectivity index (χ4n) is 2.87. The predicted molar refractivity (Wildman–Crippen MR) is 108 cm³/mol. The number of amides is 1. The molecule has 1 aromatic heterocycles. The Hall–Kier alpha value is -2.87. The Morgan fingerprint density at radius 2 is 1.96 bits per heavy atom. The second kappa shape index (κ2) is 9.89. The zero-order valence-electron chi connectivity index (χ0n) is 16.4. The van der Waals surface area contributed by atoms with Gasteiger partial charge >= 0.3 is 0 Å². The van der Waals surface area contributed by atoms with Gasteiger partial charge in [0.15, 0.2) is 6.10 Å². The van der Waals surface area contributed by atoms with Crippen molar-refractivity contribution in [1.29, 1.82) is 0 Å². The molecule has 0 radical (unpaired) electrons. The molecule has 0 aliphatic carbocycles. The summed E-state index contributed by atoms with van der Waals surface area (Å²) in [5.74, 6) is 2.87. The maximum absolute atomic E-state index is 12.2. The van der Waals surface area contributed by atoms with E-state index in [0.717, 1.165) is 24.7 Å². The van der Waals surface area contributed by atoms with Gasteiger partial charge in [-0.1, -0.05) is 18.2 Å². The van der Waals surface area contributed by atoms with Crippen LogP contribution >= 0.6 is 0 Å². The molecule has 1 aliphatic heterocycles. The van der Waals surface area contributed by atoms with Crippen molar-refractivity contribution < 1.29 is 14.3 Å². The van der Waals surface area contributed by atoms with Crippen LogP contribution in [0.4, 0.5) is 11.6 Å². The number of hydrogen-bond acceptors (Lipinski definition) is 7. The lowest BCUT2D eigenvalue weighted by atomic mass is 10.3. The van der Waals surface area contributed by atoms with E-state index in [4.69, 9.17) is 9.47 Å². The summed E-state index contributed by atoms with van der Waals surface area (Å²) in [5.41, 5.74) is 0. The maximum Gasteiger partial charge on any atom is 0.260 e. The Morgan fingerprint density at radius 1 is 1.21 bits per heavy atom. The first-order valence-corrected chi connectivity index (χ1v) is 9.53. The number of aryl methyl sites for hydroxylation is 1.